The number of carboxylic acids is 2. The Hall–Kier alpha value is -2.86. The number of aromatic carboxylic acids is 2. The maximum Gasteiger partial charge on any atom is 0.337 e. The predicted octanol–water partition coefficient (Wildman–Crippen LogP) is 3.31. The molecule has 0 aliphatic heterocycles. The highest BCUT2D eigenvalue weighted by molar-refractivity contribution is 6.31. The second-order valence-electron chi connectivity index (χ2n) is 5.01. The average molecular weight is 348 g/mol. The zero-order chi connectivity index (χ0) is 17.7. The Labute approximate surface area is 142 Å². The molecule has 6 nitrogen and oxygen atoms in total. The highest BCUT2D eigenvalue weighted by atomic mass is 35.5. The fourth-order valence-corrected chi connectivity index (χ4v) is 2.36. The first-order valence-electron chi connectivity index (χ1n) is 7.02. The molecule has 1 amide bonds. The minimum atomic E-state index is -1.26. The van der Waals surface area contributed by atoms with E-state index in [0.29, 0.717) is 11.4 Å². The first kappa shape index (κ1) is 17.5. The van der Waals surface area contributed by atoms with E-state index in [-0.39, 0.29) is 23.2 Å². The van der Waals surface area contributed by atoms with Crippen molar-refractivity contribution in [3.63, 3.8) is 0 Å². The third kappa shape index (κ3) is 4.33. The van der Waals surface area contributed by atoms with Crippen molar-refractivity contribution in [1.82, 2.24) is 0 Å². The van der Waals surface area contributed by atoms with Crippen LogP contribution >= 0.6 is 11.6 Å². The molecule has 7 heteroatoms. The maximum atomic E-state index is 12.1. The van der Waals surface area contributed by atoms with Gasteiger partial charge >= 0.3 is 11.9 Å². The summed E-state index contributed by atoms with van der Waals surface area (Å²) in [6, 6.07) is 10.5. The Morgan fingerprint density at radius 2 is 1.71 bits per heavy atom. The van der Waals surface area contributed by atoms with Crippen LogP contribution in [0.4, 0.5) is 5.69 Å². The quantitative estimate of drug-likeness (QED) is 0.743. The van der Waals surface area contributed by atoms with Crippen LogP contribution in [-0.4, -0.2) is 28.1 Å². The molecule has 0 spiro atoms. The topological polar surface area (TPSA) is 104 Å². The van der Waals surface area contributed by atoms with Crippen LogP contribution in [0.2, 0.25) is 5.02 Å². The SMILES string of the molecule is O=C(CCc1ccccc1Cl)Nc1cc(C(=O)O)ccc1C(=O)O. The largest absolute Gasteiger partial charge is 0.478 e. The van der Waals surface area contributed by atoms with Crippen molar-refractivity contribution >= 4 is 35.1 Å². The van der Waals surface area contributed by atoms with Gasteiger partial charge < -0.3 is 15.5 Å². The van der Waals surface area contributed by atoms with E-state index in [9.17, 15) is 14.4 Å². The molecule has 124 valence electrons. The number of rotatable bonds is 6. The molecule has 2 aromatic carbocycles. The Balaban J connectivity index is 2.13. The molecular formula is C17H14ClNO5. The van der Waals surface area contributed by atoms with Gasteiger partial charge in [0.2, 0.25) is 5.91 Å². The monoisotopic (exact) mass is 347 g/mol. The minimum absolute atomic E-state index is 0.0495. The Kier molecular flexibility index (Phi) is 5.55. The first-order chi connectivity index (χ1) is 11.4. The summed E-state index contributed by atoms with van der Waals surface area (Å²) in [6.07, 6.45) is 0.465. The van der Waals surface area contributed by atoms with Crippen LogP contribution < -0.4 is 5.32 Å². The van der Waals surface area contributed by atoms with Gasteiger partial charge in [0.1, 0.15) is 0 Å². The van der Waals surface area contributed by atoms with Crippen molar-refractivity contribution < 1.29 is 24.6 Å². The van der Waals surface area contributed by atoms with E-state index in [4.69, 9.17) is 21.8 Å². The van der Waals surface area contributed by atoms with Gasteiger partial charge in [0.15, 0.2) is 0 Å². The zero-order valence-electron chi connectivity index (χ0n) is 12.5. The Morgan fingerprint density at radius 3 is 2.33 bits per heavy atom. The number of halogens is 1. The number of benzene rings is 2. The summed E-state index contributed by atoms with van der Waals surface area (Å²) in [4.78, 5) is 34.2. The average Bonchev–Trinajstić information content (AvgIpc) is 2.53. The van der Waals surface area contributed by atoms with Crippen molar-refractivity contribution in [2.75, 3.05) is 5.32 Å². The second kappa shape index (κ2) is 7.61. The molecule has 24 heavy (non-hydrogen) atoms. The maximum absolute atomic E-state index is 12.1. The number of amides is 1. The predicted molar refractivity (Wildman–Crippen MR) is 88.8 cm³/mol. The molecule has 2 aromatic rings. The Morgan fingerprint density at radius 1 is 1.00 bits per heavy atom. The van der Waals surface area contributed by atoms with E-state index in [1.165, 1.54) is 6.07 Å². The third-order valence-electron chi connectivity index (χ3n) is 3.35. The number of carbonyl (C=O) groups is 3. The van der Waals surface area contributed by atoms with Crippen LogP contribution in [0.25, 0.3) is 0 Å². The fourth-order valence-electron chi connectivity index (χ4n) is 2.13. The van der Waals surface area contributed by atoms with Crippen molar-refractivity contribution in [3.05, 3.63) is 64.2 Å². The van der Waals surface area contributed by atoms with Gasteiger partial charge in [-0.3, -0.25) is 4.79 Å². The van der Waals surface area contributed by atoms with Gasteiger partial charge in [-0.25, -0.2) is 9.59 Å². The van der Waals surface area contributed by atoms with E-state index < -0.39 is 17.8 Å². The molecule has 0 atom stereocenters. The lowest BCUT2D eigenvalue weighted by molar-refractivity contribution is -0.116. The van der Waals surface area contributed by atoms with Gasteiger partial charge in [-0.05, 0) is 36.2 Å². The molecule has 0 bridgehead atoms. The molecule has 0 saturated carbocycles. The summed E-state index contributed by atoms with van der Waals surface area (Å²) < 4.78 is 0. The van der Waals surface area contributed by atoms with Crippen molar-refractivity contribution in [3.8, 4) is 0 Å². The van der Waals surface area contributed by atoms with E-state index in [1.807, 2.05) is 0 Å². The van der Waals surface area contributed by atoms with Gasteiger partial charge in [-0.15, -0.1) is 0 Å². The number of anilines is 1. The number of hydrogen-bond donors (Lipinski definition) is 3. The summed E-state index contributed by atoms with van der Waals surface area (Å²) in [5.74, 6) is -2.90. The van der Waals surface area contributed by atoms with Crippen LogP contribution in [0.5, 0.6) is 0 Å². The first-order valence-corrected chi connectivity index (χ1v) is 7.40. The molecule has 0 radical (unpaired) electrons. The summed E-state index contributed by atoms with van der Waals surface area (Å²) in [7, 11) is 0. The molecule has 3 N–H and O–H groups in total. The molecule has 0 saturated heterocycles. The number of aryl methyl sites for hydroxylation is 1. The van der Waals surface area contributed by atoms with E-state index in [0.717, 1.165) is 17.7 Å². The fraction of sp³-hybridized carbons (Fsp3) is 0.118. The summed E-state index contributed by atoms with van der Waals surface area (Å²) in [5.41, 5.74) is 0.464. The molecule has 0 unspecified atom stereocenters. The summed E-state index contributed by atoms with van der Waals surface area (Å²) in [6.45, 7) is 0. The molecule has 0 aliphatic rings. The molecule has 0 fully saturated rings. The summed E-state index contributed by atoms with van der Waals surface area (Å²) >= 11 is 6.02. The van der Waals surface area contributed by atoms with Gasteiger partial charge in [-0.1, -0.05) is 29.8 Å². The highest BCUT2D eigenvalue weighted by Crippen LogP contribution is 2.20. The number of hydrogen-bond acceptors (Lipinski definition) is 3. The number of carboxylic acid groups (broad SMARTS) is 2. The van der Waals surface area contributed by atoms with Crippen LogP contribution in [-0.2, 0) is 11.2 Å². The second-order valence-corrected chi connectivity index (χ2v) is 5.42. The zero-order valence-corrected chi connectivity index (χ0v) is 13.2. The van der Waals surface area contributed by atoms with Crippen molar-refractivity contribution in [1.29, 1.82) is 0 Å². The van der Waals surface area contributed by atoms with E-state index in [1.54, 1.807) is 24.3 Å². The third-order valence-corrected chi connectivity index (χ3v) is 3.72. The van der Waals surface area contributed by atoms with Gasteiger partial charge in [0.05, 0.1) is 16.8 Å². The van der Waals surface area contributed by atoms with Gasteiger partial charge in [0, 0.05) is 11.4 Å². The summed E-state index contributed by atoms with van der Waals surface area (Å²) in [5, 5.41) is 21.1. The van der Waals surface area contributed by atoms with Gasteiger partial charge in [0.25, 0.3) is 0 Å². The lowest BCUT2D eigenvalue weighted by Gasteiger charge is -2.10. The molecule has 0 heterocycles. The lowest BCUT2D eigenvalue weighted by Crippen LogP contribution is -2.16. The van der Waals surface area contributed by atoms with Crippen molar-refractivity contribution in [2.45, 2.75) is 12.8 Å². The number of nitrogens with one attached hydrogen (secondary N) is 1. The Bertz CT molecular complexity index is 803. The van der Waals surface area contributed by atoms with E-state index >= 15 is 0 Å². The molecular weight excluding hydrogens is 334 g/mol. The smallest absolute Gasteiger partial charge is 0.337 e. The number of carbonyl (C=O) groups excluding carboxylic acids is 1. The lowest BCUT2D eigenvalue weighted by atomic mass is 10.1. The standard InChI is InChI=1S/C17H14ClNO5/c18-13-4-2-1-3-10(13)6-8-15(20)19-14-9-11(16(21)22)5-7-12(14)17(23)24/h1-5,7,9H,6,8H2,(H,19,20)(H,21,22)(H,23,24). The molecule has 0 aromatic heterocycles. The normalized spacial score (nSPS) is 10.2. The molecule has 2 rings (SSSR count). The highest BCUT2D eigenvalue weighted by Gasteiger charge is 2.15. The van der Waals surface area contributed by atoms with E-state index in [2.05, 4.69) is 5.32 Å². The molecule has 0 aliphatic carbocycles. The van der Waals surface area contributed by atoms with Crippen LogP contribution in [0.3, 0.4) is 0 Å². The van der Waals surface area contributed by atoms with Crippen molar-refractivity contribution in [2.24, 2.45) is 0 Å². The van der Waals surface area contributed by atoms with Crippen LogP contribution in [0.15, 0.2) is 42.5 Å². The minimum Gasteiger partial charge on any atom is -0.478 e. The van der Waals surface area contributed by atoms with Crippen LogP contribution in [0.1, 0.15) is 32.7 Å². The van der Waals surface area contributed by atoms with Crippen LogP contribution in [0, 0.1) is 0 Å². The van der Waals surface area contributed by atoms with Gasteiger partial charge in [-0.2, -0.15) is 0 Å².